The van der Waals surface area contributed by atoms with E-state index in [1.54, 1.807) is 19.1 Å². The van der Waals surface area contributed by atoms with Crippen molar-refractivity contribution < 1.29 is 36.7 Å². The molecule has 156 valence electrons. The minimum atomic E-state index is -3.28. The third-order valence-corrected chi connectivity index (χ3v) is 5.75. The molecule has 1 aromatic rings. The normalized spacial score (nSPS) is 22.7. The van der Waals surface area contributed by atoms with Crippen molar-refractivity contribution in [2.45, 2.75) is 19.4 Å². The van der Waals surface area contributed by atoms with Crippen molar-refractivity contribution in [1.29, 1.82) is 0 Å². The lowest BCUT2D eigenvalue weighted by Crippen LogP contribution is -2.47. The molecular formula is C18H20N2O8S. The third kappa shape index (κ3) is 5.05. The molecule has 1 aromatic heterocycles. The van der Waals surface area contributed by atoms with Gasteiger partial charge in [-0.25, -0.2) is 18.0 Å². The Morgan fingerprint density at radius 2 is 2.10 bits per heavy atom. The standard InChI is InChI=1S/C18H20N2O8S/c1-2-26-17(22)15-12(19-18(23)20-16(15)13-4-3-6-27-13)9-28-14(21)8-11-5-7-29(24,25)10-11/h3-7,11,16H,2,8-10H2,1H3,(H2,19,20,23). The van der Waals surface area contributed by atoms with Crippen LogP contribution in [0, 0.1) is 5.92 Å². The predicted octanol–water partition coefficient (Wildman–Crippen LogP) is 0.942. The number of nitrogens with one attached hydrogen (secondary N) is 2. The zero-order chi connectivity index (χ0) is 21.0. The Hall–Kier alpha value is -3.08. The molecule has 2 aliphatic rings. The molecule has 2 aliphatic heterocycles. The number of allylic oxidation sites excluding steroid dienone is 1. The quantitative estimate of drug-likeness (QED) is 0.616. The molecule has 2 amide bonds. The fourth-order valence-electron chi connectivity index (χ4n) is 3.04. The Kier molecular flexibility index (Phi) is 6.06. The number of sulfone groups is 1. The van der Waals surface area contributed by atoms with Gasteiger partial charge in [-0.15, -0.1) is 0 Å². The minimum absolute atomic E-state index is 0.0533. The summed E-state index contributed by atoms with van der Waals surface area (Å²) >= 11 is 0. The summed E-state index contributed by atoms with van der Waals surface area (Å²) in [6.07, 6.45) is 2.71. The van der Waals surface area contributed by atoms with Crippen molar-refractivity contribution in [1.82, 2.24) is 10.6 Å². The van der Waals surface area contributed by atoms with Crippen molar-refractivity contribution in [3.8, 4) is 0 Å². The molecule has 11 heteroatoms. The first-order chi connectivity index (χ1) is 13.8. The van der Waals surface area contributed by atoms with E-state index in [1.807, 2.05) is 0 Å². The first kappa shape index (κ1) is 20.6. The van der Waals surface area contributed by atoms with Crippen molar-refractivity contribution in [3.05, 3.63) is 46.9 Å². The highest BCUT2D eigenvalue weighted by molar-refractivity contribution is 7.94. The molecule has 2 atom stereocenters. The van der Waals surface area contributed by atoms with Crippen LogP contribution in [-0.4, -0.2) is 45.4 Å². The Labute approximate surface area is 166 Å². The van der Waals surface area contributed by atoms with E-state index in [4.69, 9.17) is 13.9 Å². The van der Waals surface area contributed by atoms with Gasteiger partial charge in [0.05, 0.1) is 36.3 Å². The van der Waals surface area contributed by atoms with E-state index in [-0.39, 0.29) is 36.7 Å². The van der Waals surface area contributed by atoms with Crippen LogP contribution < -0.4 is 10.6 Å². The number of rotatable bonds is 7. The average molecular weight is 424 g/mol. The Bertz CT molecular complexity index is 962. The fourth-order valence-corrected chi connectivity index (χ4v) is 4.44. The molecular weight excluding hydrogens is 404 g/mol. The van der Waals surface area contributed by atoms with Crippen LogP contribution in [0.2, 0.25) is 0 Å². The van der Waals surface area contributed by atoms with Gasteiger partial charge in [0.15, 0.2) is 9.84 Å². The number of urea groups is 1. The maximum atomic E-state index is 12.5. The molecule has 29 heavy (non-hydrogen) atoms. The number of ether oxygens (including phenoxy) is 2. The SMILES string of the molecule is CCOC(=O)C1=C(COC(=O)CC2C=CS(=O)(=O)C2)NC(=O)NC1c1ccco1. The van der Waals surface area contributed by atoms with Crippen LogP contribution in [0.25, 0.3) is 0 Å². The van der Waals surface area contributed by atoms with Crippen molar-refractivity contribution in [2.75, 3.05) is 19.0 Å². The van der Waals surface area contributed by atoms with Gasteiger partial charge >= 0.3 is 18.0 Å². The summed E-state index contributed by atoms with van der Waals surface area (Å²) in [4.78, 5) is 36.6. The zero-order valence-electron chi connectivity index (χ0n) is 15.5. The maximum absolute atomic E-state index is 12.5. The molecule has 0 radical (unpaired) electrons. The molecule has 0 saturated carbocycles. The lowest BCUT2D eigenvalue weighted by atomic mass is 10.0. The monoisotopic (exact) mass is 424 g/mol. The van der Waals surface area contributed by atoms with Gasteiger partial charge in [-0.2, -0.15) is 0 Å². The second-order valence-electron chi connectivity index (χ2n) is 6.44. The van der Waals surface area contributed by atoms with Crippen LogP contribution in [0.15, 0.2) is 45.6 Å². The van der Waals surface area contributed by atoms with E-state index in [0.717, 1.165) is 5.41 Å². The van der Waals surface area contributed by atoms with Gasteiger partial charge in [-0.1, -0.05) is 6.08 Å². The van der Waals surface area contributed by atoms with Gasteiger partial charge in [0.2, 0.25) is 0 Å². The smallest absolute Gasteiger partial charge is 0.338 e. The number of carbonyl (C=O) groups is 3. The summed E-state index contributed by atoms with van der Waals surface area (Å²) < 4.78 is 38.4. The van der Waals surface area contributed by atoms with Gasteiger partial charge < -0.3 is 24.5 Å². The first-order valence-corrected chi connectivity index (χ1v) is 10.6. The van der Waals surface area contributed by atoms with E-state index in [1.165, 1.54) is 12.3 Å². The van der Waals surface area contributed by atoms with Gasteiger partial charge in [0.1, 0.15) is 18.4 Å². The molecule has 0 bridgehead atoms. The Balaban J connectivity index is 1.76. The molecule has 0 spiro atoms. The van der Waals surface area contributed by atoms with Crippen LogP contribution in [0.1, 0.15) is 25.1 Å². The number of hydrogen-bond acceptors (Lipinski definition) is 8. The molecule has 0 saturated heterocycles. The van der Waals surface area contributed by atoms with Gasteiger partial charge in [0, 0.05) is 11.3 Å². The summed E-state index contributed by atoms with van der Waals surface area (Å²) in [6.45, 7) is 1.36. The van der Waals surface area contributed by atoms with Gasteiger partial charge in [-0.05, 0) is 19.1 Å². The molecule has 3 rings (SSSR count). The minimum Gasteiger partial charge on any atom is -0.467 e. The maximum Gasteiger partial charge on any atom is 0.338 e. The highest BCUT2D eigenvalue weighted by Gasteiger charge is 2.36. The first-order valence-electron chi connectivity index (χ1n) is 8.86. The molecule has 10 nitrogen and oxygen atoms in total. The molecule has 0 aliphatic carbocycles. The summed E-state index contributed by atoms with van der Waals surface area (Å²) in [5.41, 5.74) is 0.120. The molecule has 2 N–H and O–H groups in total. The summed E-state index contributed by atoms with van der Waals surface area (Å²) in [5.74, 6) is -1.66. The van der Waals surface area contributed by atoms with E-state index in [2.05, 4.69) is 10.6 Å². The van der Waals surface area contributed by atoms with Crippen LogP contribution in [0.3, 0.4) is 0 Å². The third-order valence-electron chi connectivity index (χ3n) is 4.29. The van der Waals surface area contributed by atoms with Crippen LogP contribution >= 0.6 is 0 Å². The summed E-state index contributed by atoms with van der Waals surface area (Å²) in [6, 6.07) is 1.69. The number of esters is 2. The van der Waals surface area contributed by atoms with Gasteiger partial charge in [-0.3, -0.25) is 4.79 Å². The number of carbonyl (C=O) groups excluding carboxylic acids is 3. The number of furan rings is 1. The highest BCUT2D eigenvalue weighted by atomic mass is 32.2. The van der Waals surface area contributed by atoms with E-state index < -0.39 is 39.8 Å². The average Bonchev–Trinajstić information content (AvgIpc) is 3.29. The fraction of sp³-hybridized carbons (Fsp3) is 0.389. The van der Waals surface area contributed by atoms with E-state index in [9.17, 15) is 22.8 Å². The number of amides is 2. The lowest BCUT2D eigenvalue weighted by Gasteiger charge is -2.27. The van der Waals surface area contributed by atoms with E-state index in [0.29, 0.717) is 5.76 Å². The van der Waals surface area contributed by atoms with E-state index >= 15 is 0 Å². The second kappa shape index (κ2) is 8.52. The second-order valence-corrected chi connectivity index (χ2v) is 8.37. The van der Waals surface area contributed by atoms with Crippen molar-refractivity contribution in [3.63, 3.8) is 0 Å². The molecule has 0 fully saturated rings. The molecule has 3 heterocycles. The Morgan fingerprint density at radius 3 is 2.72 bits per heavy atom. The highest BCUT2D eigenvalue weighted by Crippen LogP contribution is 2.28. The number of hydrogen-bond donors (Lipinski definition) is 2. The van der Waals surface area contributed by atoms with Crippen molar-refractivity contribution >= 4 is 27.8 Å². The van der Waals surface area contributed by atoms with Crippen LogP contribution in [0.4, 0.5) is 4.79 Å². The summed E-state index contributed by atoms with van der Waals surface area (Å²) in [5, 5.41) is 6.11. The van der Waals surface area contributed by atoms with Crippen molar-refractivity contribution in [2.24, 2.45) is 5.92 Å². The molecule has 0 aromatic carbocycles. The zero-order valence-corrected chi connectivity index (χ0v) is 16.4. The molecule has 2 unspecified atom stereocenters. The van der Waals surface area contributed by atoms with Crippen LogP contribution in [-0.2, 0) is 28.9 Å². The van der Waals surface area contributed by atoms with Gasteiger partial charge in [0.25, 0.3) is 0 Å². The van der Waals surface area contributed by atoms with Crippen LogP contribution in [0.5, 0.6) is 0 Å². The lowest BCUT2D eigenvalue weighted by molar-refractivity contribution is -0.144. The Morgan fingerprint density at radius 1 is 1.31 bits per heavy atom. The largest absolute Gasteiger partial charge is 0.467 e. The predicted molar refractivity (Wildman–Crippen MR) is 98.8 cm³/mol. The summed E-state index contributed by atoms with van der Waals surface area (Å²) in [7, 11) is -3.28. The topological polar surface area (TPSA) is 141 Å².